The number of hydrogen-bond acceptors (Lipinski definition) is 2. The maximum atomic E-state index is 8.79. The Balaban J connectivity index is 3.64. The van der Waals surface area contributed by atoms with Crippen molar-refractivity contribution in [2.45, 2.75) is 47.1 Å². The molecule has 1 unspecified atom stereocenters. The molecule has 0 fully saturated rings. The first-order chi connectivity index (χ1) is 5.89. The fourth-order valence-corrected chi connectivity index (χ4v) is 0.904. The Morgan fingerprint density at radius 1 is 1.31 bits per heavy atom. The normalized spacial score (nSPS) is 14.2. The summed E-state index contributed by atoms with van der Waals surface area (Å²) < 4.78 is 0. The Bertz CT molecular complexity index is 177. The molecule has 0 radical (unpaired) electrons. The lowest BCUT2D eigenvalue weighted by atomic mass is 9.91. The van der Waals surface area contributed by atoms with Crippen LogP contribution in [0, 0.1) is 22.7 Å². The van der Waals surface area contributed by atoms with Crippen LogP contribution < -0.4 is 5.32 Å². The number of nitriles is 1. The van der Waals surface area contributed by atoms with E-state index in [4.69, 9.17) is 5.26 Å². The first-order valence-corrected chi connectivity index (χ1v) is 5.03. The largest absolute Gasteiger partial charge is 0.314 e. The second-order valence-corrected chi connectivity index (χ2v) is 4.73. The van der Waals surface area contributed by atoms with Gasteiger partial charge in [-0.15, -0.1) is 0 Å². The molecule has 0 aromatic heterocycles. The molecule has 0 amide bonds. The first kappa shape index (κ1) is 12.4. The van der Waals surface area contributed by atoms with Crippen LogP contribution in [0.4, 0.5) is 0 Å². The maximum Gasteiger partial charge on any atom is 0.0684 e. The van der Waals surface area contributed by atoms with E-state index in [9.17, 15) is 0 Å². The number of hydrogen-bond donors (Lipinski definition) is 1. The van der Waals surface area contributed by atoms with Crippen LogP contribution in [0.2, 0.25) is 0 Å². The number of nitrogens with zero attached hydrogens (tertiary/aromatic N) is 1. The van der Waals surface area contributed by atoms with Gasteiger partial charge >= 0.3 is 0 Å². The molecule has 0 rings (SSSR count). The van der Waals surface area contributed by atoms with Gasteiger partial charge in [-0.25, -0.2) is 0 Å². The summed E-state index contributed by atoms with van der Waals surface area (Å²) in [5, 5.41) is 12.2. The topological polar surface area (TPSA) is 35.8 Å². The number of nitrogens with one attached hydrogen (secondary N) is 1. The van der Waals surface area contributed by atoms with Crippen LogP contribution in [0.25, 0.3) is 0 Å². The fourth-order valence-electron chi connectivity index (χ4n) is 0.904. The Morgan fingerprint density at radius 3 is 2.23 bits per heavy atom. The third-order valence-corrected chi connectivity index (χ3v) is 2.52. The van der Waals surface area contributed by atoms with Gasteiger partial charge in [0.2, 0.25) is 0 Å². The fraction of sp³-hybridized carbons (Fsp3) is 0.909. The third kappa shape index (κ3) is 5.65. The van der Waals surface area contributed by atoms with Gasteiger partial charge < -0.3 is 5.32 Å². The smallest absolute Gasteiger partial charge is 0.0684 e. The molecule has 0 heterocycles. The Labute approximate surface area is 82.3 Å². The standard InChI is InChI=1S/C11H22N2/c1-9(2)10(3)13-7-6-11(4,5)8-12/h9-10,13H,6-7H2,1-5H3. The number of rotatable bonds is 5. The van der Waals surface area contributed by atoms with Crippen molar-refractivity contribution in [3.63, 3.8) is 0 Å². The predicted molar refractivity (Wildman–Crippen MR) is 56.3 cm³/mol. The van der Waals surface area contributed by atoms with Crippen molar-refractivity contribution in [3.8, 4) is 6.07 Å². The lowest BCUT2D eigenvalue weighted by Crippen LogP contribution is -2.33. The summed E-state index contributed by atoms with van der Waals surface area (Å²) in [6.07, 6.45) is 0.917. The van der Waals surface area contributed by atoms with E-state index in [0.717, 1.165) is 13.0 Å². The summed E-state index contributed by atoms with van der Waals surface area (Å²) in [5.41, 5.74) is -0.191. The van der Waals surface area contributed by atoms with Crippen molar-refractivity contribution in [1.29, 1.82) is 5.26 Å². The molecule has 76 valence electrons. The molecular weight excluding hydrogens is 160 g/mol. The third-order valence-electron chi connectivity index (χ3n) is 2.52. The average molecular weight is 182 g/mol. The van der Waals surface area contributed by atoms with Gasteiger partial charge in [-0.2, -0.15) is 5.26 Å². The van der Waals surface area contributed by atoms with Gasteiger partial charge in [-0.1, -0.05) is 13.8 Å². The summed E-state index contributed by atoms with van der Waals surface area (Å²) in [7, 11) is 0. The van der Waals surface area contributed by atoms with E-state index in [2.05, 4.69) is 32.2 Å². The molecule has 0 aromatic rings. The van der Waals surface area contributed by atoms with Crippen LogP contribution in [0.1, 0.15) is 41.0 Å². The molecule has 0 bridgehead atoms. The molecule has 2 nitrogen and oxygen atoms in total. The van der Waals surface area contributed by atoms with E-state index in [0.29, 0.717) is 12.0 Å². The SMILES string of the molecule is CC(C)C(C)NCCC(C)(C)C#N. The molecule has 13 heavy (non-hydrogen) atoms. The first-order valence-electron chi connectivity index (χ1n) is 5.03. The van der Waals surface area contributed by atoms with Crippen molar-refractivity contribution >= 4 is 0 Å². The molecule has 1 N–H and O–H groups in total. The predicted octanol–water partition coefficient (Wildman–Crippen LogP) is 2.56. The zero-order chi connectivity index (χ0) is 10.5. The average Bonchev–Trinajstić information content (AvgIpc) is 2.04. The van der Waals surface area contributed by atoms with Crippen LogP contribution in [0.5, 0.6) is 0 Å². The van der Waals surface area contributed by atoms with E-state index in [1.165, 1.54) is 0 Å². The summed E-state index contributed by atoms with van der Waals surface area (Å²) >= 11 is 0. The highest BCUT2D eigenvalue weighted by Gasteiger charge is 2.16. The monoisotopic (exact) mass is 182 g/mol. The summed E-state index contributed by atoms with van der Waals surface area (Å²) in [5.74, 6) is 0.658. The Morgan fingerprint density at radius 2 is 1.85 bits per heavy atom. The van der Waals surface area contributed by atoms with Gasteiger partial charge in [-0.3, -0.25) is 0 Å². The molecular formula is C11H22N2. The molecule has 0 aromatic carbocycles. The molecule has 0 saturated carbocycles. The highest BCUT2D eigenvalue weighted by molar-refractivity contribution is 4.91. The quantitative estimate of drug-likeness (QED) is 0.709. The van der Waals surface area contributed by atoms with E-state index < -0.39 is 0 Å². The van der Waals surface area contributed by atoms with Gasteiger partial charge in [0.25, 0.3) is 0 Å². The van der Waals surface area contributed by atoms with E-state index in [-0.39, 0.29) is 5.41 Å². The minimum Gasteiger partial charge on any atom is -0.314 e. The molecule has 0 aliphatic rings. The van der Waals surface area contributed by atoms with Crippen molar-refractivity contribution in [3.05, 3.63) is 0 Å². The van der Waals surface area contributed by atoms with Crippen LogP contribution in [-0.4, -0.2) is 12.6 Å². The minimum atomic E-state index is -0.191. The van der Waals surface area contributed by atoms with Crippen molar-refractivity contribution in [1.82, 2.24) is 5.32 Å². The molecule has 1 atom stereocenters. The van der Waals surface area contributed by atoms with Crippen molar-refractivity contribution < 1.29 is 0 Å². The van der Waals surface area contributed by atoms with Gasteiger partial charge in [0.05, 0.1) is 11.5 Å². The highest BCUT2D eigenvalue weighted by Crippen LogP contribution is 2.17. The second-order valence-electron chi connectivity index (χ2n) is 4.73. The Kier molecular flexibility index (Phi) is 5.02. The van der Waals surface area contributed by atoms with Gasteiger partial charge in [0, 0.05) is 6.04 Å². The molecule has 0 aliphatic carbocycles. The lowest BCUT2D eigenvalue weighted by Gasteiger charge is -2.20. The zero-order valence-corrected chi connectivity index (χ0v) is 9.52. The van der Waals surface area contributed by atoms with Crippen LogP contribution in [0.3, 0.4) is 0 Å². The summed E-state index contributed by atoms with van der Waals surface area (Å²) in [6, 6.07) is 2.84. The Hall–Kier alpha value is -0.550. The van der Waals surface area contributed by atoms with Crippen LogP contribution in [-0.2, 0) is 0 Å². The second kappa shape index (κ2) is 5.24. The maximum absolute atomic E-state index is 8.79. The van der Waals surface area contributed by atoms with E-state index in [1.807, 2.05) is 13.8 Å². The lowest BCUT2D eigenvalue weighted by molar-refractivity contribution is 0.376. The molecule has 2 heteroatoms. The van der Waals surface area contributed by atoms with Crippen molar-refractivity contribution in [2.75, 3.05) is 6.54 Å². The summed E-state index contributed by atoms with van der Waals surface area (Å²) in [4.78, 5) is 0. The van der Waals surface area contributed by atoms with E-state index in [1.54, 1.807) is 0 Å². The molecule has 0 aliphatic heterocycles. The van der Waals surface area contributed by atoms with Gasteiger partial charge in [-0.05, 0) is 39.7 Å². The van der Waals surface area contributed by atoms with Gasteiger partial charge in [0.1, 0.15) is 0 Å². The zero-order valence-electron chi connectivity index (χ0n) is 9.52. The van der Waals surface area contributed by atoms with Crippen LogP contribution >= 0.6 is 0 Å². The molecule has 0 spiro atoms. The highest BCUT2D eigenvalue weighted by atomic mass is 14.9. The van der Waals surface area contributed by atoms with Gasteiger partial charge in [0.15, 0.2) is 0 Å². The minimum absolute atomic E-state index is 0.191. The summed E-state index contributed by atoms with van der Waals surface area (Å²) in [6.45, 7) is 11.5. The van der Waals surface area contributed by atoms with E-state index >= 15 is 0 Å². The molecule has 0 saturated heterocycles. The van der Waals surface area contributed by atoms with Crippen LogP contribution in [0.15, 0.2) is 0 Å². The van der Waals surface area contributed by atoms with Crippen molar-refractivity contribution in [2.24, 2.45) is 11.3 Å².